The highest BCUT2D eigenvalue weighted by molar-refractivity contribution is 5.65. The van der Waals surface area contributed by atoms with E-state index in [2.05, 4.69) is 16.0 Å². The summed E-state index contributed by atoms with van der Waals surface area (Å²) in [5.74, 6) is 2.44. The van der Waals surface area contributed by atoms with Crippen LogP contribution in [0.3, 0.4) is 0 Å². The number of benzene rings is 1. The van der Waals surface area contributed by atoms with Gasteiger partial charge in [0.1, 0.15) is 17.6 Å². The van der Waals surface area contributed by atoms with Crippen molar-refractivity contribution in [3.63, 3.8) is 0 Å². The van der Waals surface area contributed by atoms with Gasteiger partial charge in [0, 0.05) is 17.2 Å². The number of pyridine rings is 1. The zero-order valence-electron chi connectivity index (χ0n) is 15.6. The summed E-state index contributed by atoms with van der Waals surface area (Å²) in [6.45, 7) is 1.99. The van der Waals surface area contributed by atoms with Crippen LogP contribution < -0.4 is 19.9 Å². The van der Waals surface area contributed by atoms with E-state index >= 15 is 0 Å². The zero-order valence-corrected chi connectivity index (χ0v) is 15.6. The van der Waals surface area contributed by atoms with Crippen LogP contribution in [0.25, 0.3) is 0 Å². The molecule has 0 radical (unpaired) electrons. The van der Waals surface area contributed by atoms with Gasteiger partial charge in [0.25, 0.3) is 0 Å². The highest BCUT2D eigenvalue weighted by atomic mass is 16.5. The van der Waals surface area contributed by atoms with Gasteiger partial charge < -0.3 is 19.9 Å². The topological polar surface area (TPSA) is 93.6 Å². The number of rotatable bonds is 4. The molecule has 7 heteroatoms. The lowest BCUT2D eigenvalue weighted by atomic mass is 9.88. The smallest absolute Gasteiger partial charge is 0.226 e. The molecule has 1 aromatic carbocycles. The molecule has 3 rings (SSSR count). The summed E-state index contributed by atoms with van der Waals surface area (Å²) >= 11 is 0. The van der Waals surface area contributed by atoms with Gasteiger partial charge in [-0.3, -0.25) is 4.90 Å². The van der Waals surface area contributed by atoms with E-state index in [0.717, 1.165) is 16.7 Å². The van der Waals surface area contributed by atoms with E-state index in [0.29, 0.717) is 35.1 Å². The fraction of sp³-hybridized carbons (Fsp3) is 0.368. The predicted molar refractivity (Wildman–Crippen MR) is 97.9 cm³/mol. The van der Waals surface area contributed by atoms with Crippen LogP contribution in [0, 0.1) is 11.3 Å². The molecule has 0 spiro atoms. The lowest BCUT2D eigenvalue weighted by Gasteiger charge is -2.34. The molecule has 0 saturated heterocycles. The van der Waals surface area contributed by atoms with Crippen LogP contribution in [-0.2, 0) is 6.42 Å². The largest absolute Gasteiger partial charge is 0.493 e. The molecule has 0 saturated carbocycles. The average molecular weight is 354 g/mol. The van der Waals surface area contributed by atoms with Crippen molar-refractivity contribution < 1.29 is 14.2 Å². The van der Waals surface area contributed by atoms with Gasteiger partial charge in [-0.25, -0.2) is 0 Å². The van der Waals surface area contributed by atoms with Gasteiger partial charge in [0.2, 0.25) is 5.88 Å². The van der Waals surface area contributed by atoms with Crippen LogP contribution in [-0.4, -0.2) is 38.2 Å². The van der Waals surface area contributed by atoms with Crippen molar-refractivity contribution in [3.8, 4) is 29.2 Å². The Balaban J connectivity index is 2.33. The highest BCUT2D eigenvalue weighted by Gasteiger charge is 2.35. The third-order valence-corrected chi connectivity index (χ3v) is 4.61. The Morgan fingerprint density at radius 2 is 1.92 bits per heavy atom. The molecule has 0 bridgehead atoms. The van der Waals surface area contributed by atoms with Crippen LogP contribution >= 0.6 is 0 Å². The van der Waals surface area contributed by atoms with Crippen molar-refractivity contribution in [3.05, 3.63) is 34.4 Å². The molecule has 1 aliphatic heterocycles. The molecular weight excluding hydrogens is 332 g/mol. The number of nitrogen functional groups attached to an aromatic ring is 1. The van der Waals surface area contributed by atoms with Gasteiger partial charge in [0.05, 0.1) is 25.8 Å². The molecule has 2 N–H and O–H groups in total. The maximum absolute atomic E-state index is 9.54. The number of ether oxygens (including phenoxy) is 3. The molecule has 0 fully saturated rings. The van der Waals surface area contributed by atoms with Gasteiger partial charge in [0.15, 0.2) is 11.5 Å². The van der Waals surface area contributed by atoms with E-state index in [-0.39, 0.29) is 11.9 Å². The normalized spacial score (nSPS) is 14.9. The van der Waals surface area contributed by atoms with E-state index in [9.17, 15) is 5.26 Å². The number of aromatic nitrogens is 1. The minimum Gasteiger partial charge on any atom is -0.493 e. The van der Waals surface area contributed by atoms with Crippen LogP contribution in [0.4, 0.5) is 5.82 Å². The summed E-state index contributed by atoms with van der Waals surface area (Å²) in [6, 6.07) is 5.73. The highest BCUT2D eigenvalue weighted by Crippen LogP contribution is 2.50. The lowest BCUT2D eigenvalue weighted by Crippen LogP contribution is -2.27. The van der Waals surface area contributed by atoms with E-state index < -0.39 is 0 Å². The second-order valence-corrected chi connectivity index (χ2v) is 6.25. The van der Waals surface area contributed by atoms with Crippen LogP contribution in [0.15, 0.2) is 12.1 Å². The maximum Gasteiger partial charge on any atom is 0.226 e. The maximum atomic E-state index is 9.54. The molecular formula is C19H22N4O3. The van der Waals surface area contributed by atoms with E-state index in [1.54, 1.807) is 20.3 Å². The minimum atomic E-state index is -0.149. The summed E-state index contributed by atoms with van der Waals surface area (Å²) in [6.07, 6.45) is 0.647. The first kappa shape index (κ1) is 17.8. The SMILES string of the molecule is CCc1c(C#N)c(N)nc2c1C(N(C)C)c1cc(OC)c(OC)cc1O2. The van der Waals surface area contributed by atoms with Gasteiger partial charge in [-0.05, 0) is 32.1 Å². The minimum absolute atomic E-state index is 0.149. The Morgan fingerprint density at radius 3 is 2.46 bits per heavy atom. The first-order valence-electron chi connectivity index (χ1n) is 8.29. The zero-order chi connectivity index (χ0) is 19.0. The Hall–Kier alpha value is -2.98. The molecule has 2 heterocycles. The van der Waals surface area contributed by atoms with Gasteiger partial charge >= 0.3 is 0 Å². The summed E-state index contributed by atoms with van der Waals surface area (Å²) in [5, 5.41) is 9.54. The summed E-state index contributed by atoms with van der Waals surface area (Å²) in [7, 11) is 7.12. The van der Waals surface area contributed by atoms with Crippen LogP contribution in [0.2, 0.25) is 0 Å². The van der Waals surface area contributed by atoms with Gasteiger partial charge in [-0.15, -0.1) is 0 Å². The molecule has 1 atom stereocenters. The fourth-order valence-corrected chi connectivity index (χ4v) is 3.47. The Morgan fingerprint density at radius 1 is 1.27 bits per heavy atom. The van der Waals surface area contributed by atoms with Crippen molar-refractivity contribution in [2.75, 3.05) is 34.0 Å². The molecule has 136 valence electrons. The van der Waals surface area contributed by atoms with E-state index in [1.807, 2.05) is 27.1 Å². The molecule has 0 aliphatic carbocycles. The van der Waals surface area contributed by atoms with Gasteiger partial charge in [-0.1, -0.05) is 6.92 Å². The quantitative estimate of drug-likeness (QED) is 0.902. The molecule has 7 nitrogen and oxygen atoms in total. The number of fused-ring (bicyclic) bond motifs is 2. The molecule has 1 unspecified atom stereocenters. The molecule has 1 aliphatic rings. The average Bonchev–Trinajstić information content (AvgIpc) is 2.63. The van der Waals surface area contributed by atoms with E-state index in [1.165, 1.54) is 0 Å². The van der Waals surface area contributed by atoms with E-state index in [4.69, 9.17) is 19.9 Å². The molecule has 26 heavy (non-hydrogen) atoms. The number of hydrogen-bond acceptors (Lipinski definition) is 7. The first-order valence-corrected chi connectivity index (χ1v) is 8.29. The predicted octanol–water partition coefficient (Wildman–Crippen LogP) is 2.87. The van der Waals surface area contributed by atoms with Crippen molar-refractivity contribution in [2.45, 2.75) is 19.4 Å². The Labute approximate surface area is 152 Å². The Kier molecular flexibility index (Phi) is 4.62. The van der Waals surface area contributed by atoms with Crippen LogP contribution in [0.1, 0.15) is 35.2 Å². The summed E-state index contributed by atoms with van der Waals surface area (Å²) in [4.78, 5) is 6.42. The molecule has 2 aromatic rings. The first-order chi connectivity index (χ1) is 12.5. The lowest BCUT2D eigenvalue weighted by molar-refractivity contribution is 0.297. The number of hydrogen-bond donors (Lipinski definition) is 1. The number of methoxy groups -OCH3 is 2. The number of nitriles is 1. The monoisotopic (exact) mass is 354 g/mol. The Bertz CT molecular complexity index is 903. The van der Waals surface area contributed by atoms with Crippen molar-refractivity contribution in [1.29, 1.82) is 5.26 Å². The standard InChI is InChI=1S/C19H22N4O3/c1-6-10-12(9-20)18(21)22-19-16(10)17(23(2)3)11-7-14(24-4)15(25-5)8-13(11)26-19/h7-8,17H,6H2,1-5H3,(H2,21,22). The fourth-order valence-electron chi connectivity index (χ4n) is 3.47. The molecule has 1 aromatic heterocycles. The second kappa shape index (κ2) is 6.73. The third-order valence-electron chi connectivity index (χ3n) is 4.61. The third kappa shape index (κ3) is 2.59. The second-order valence-electron chi connectivity index (χ2n) is 6.25. The van der Waals surface area contributed by atoms with Crippen molar-refractivity contribution in [1.82, 2.24) is 9.88 Å². The number of nitrogens with zero attached hydrogens (tertiary/aromatic N) is 3. The summed E-state index contributed by atoms with van der Waals surface area (Å²) in [5.41, 5.74) is 9.05. The number of anilines is 1. The summed E-state index contributed by atoms with van der Waals surface area (Å²) < 4.78 is 16.9. The van der Waals surface area contributed by atoms with Crippen LogP contribution in [0.5, 0.6) is 23.1 Å². The number of nitrogens with two attached hydrogens (primary N) is 1. The van der Waals surface area contributed by atoms with Crippen molar-refractivity contribution >= 4 is 5.82 Å². The van der Waals surface area contributed by atoms with Crippen molar-refractivity contribution in [2.24, 2.45) is 0 Å². The molecule has 0 amide bonds. The van der Waals surface area contributed by atoms with Gasteiger partial charge in [-0.2, -0.15) is 10.2 Å².